The largest absolute Gasteiger partial charge is 0.467 e. The Hall–Kier alpha value is -1.06. The molecule has 0 bridgehead atoms. The van der Waals surface area contributed by atoms with E-state index in [0.717, 1.165) is 12.1 Å². The molecule has 0 spiro atoms. The number of carbonyl (C=O) groups excluding carboxylic acids is 1. The molecular weight excluding hydrogens is 134 g/mol. The van der Waals surface area contributed by atoms with Gasteiger partial charge in [-0.25, -0.2) is 0 Å². The van der Waals surface area contributed by atoms with E-state index in [9.17, 15) is 4.79 Å². The number of ether oxygens (including phenoxy) is 1. The fraction of sp³-hybridized carbons (Fsp3) is 0.667. The Labute approximate surface area is 58.8 Å². The Morgan fingerprint density at radius 3 is 3.30 bits per heavy atom. The van der Waals surface area contributed by atoms with E-state index in [4.69, 9.17) is 4.84 Å². The number of rotatable bonds is 4. The van der Waals surface area contributed by atoms with Gasteiger partial charge in [-0.2, -0.15) is 0 Å². The van der Waals surface area contributed by atoms with Crippen molar-refractivity contribution < 1.29 is 14.4 Å². The fourth-order valence-corrected chi connectivity index (χ4v) is 0.742. The summed E-state index contributed by atoms with van der Waals surface area (Å²) in [4.78, 5) is 14.4. The Morgan fingerprint density at radius 1 is 1.80 bits per heavy atom. The smallest absolute Gasteiger partial charge is 0.293 e. The molecule has 0 radical (unpaired) electrons. The highest BCUT2D eigenvalue weighted by Gasteiger charge is 2.06. The second-order valence-corrected chi connectivity index (χ2v) is 1.96. The topological polar surface area (TPSA) is 47.9 Å². The molecule has 4 nitrogen and oxygen atoms in total. The van der Waals surface area contributed by atoms with Crippen molar-refractivity contribution in [3.63, 3.8) is 0 Å². The van der Waals surface area contributed by atoms with E-state index in [1.807, 2.05) is 0 Å². The molecule has 0 saturated heterocycles. The van der Waals surface area contributed by atoms with E-state index in [1.54, 1.807) is 0 Å². The lowest BCUT2D eigenvalue weighted by Crippen LogP contribution is -2.00. The molecule has 4 heteroatoms. The van der Waals surface area contributed by atoms with Crippen molar-refractivity contribution in [2.24, 2.45) is 5.16 Å². The summed E-state index contributed by atoms with van der Waals surface area (Å²) >= 11 is 0. The standard InChI is InChI=1S/C6H9NO3/c8-5-9-3-1-6-2-4-10-7-6/h5H,1-4H2. The van der Waals surface area contributed by atoms with Gasteiger partial charge in [0.15, 0.2) is 0 Å². The van der Waals surface area contributed by atoms with Crippen LogP contribution in [0.1, 0.15) is 12.8 Å². The zero-order chi connectivity index (χ0) is 7.23. The molecule has 0 aromatic rings. The zero-order valence-electron chi connectivity index (χ0n) is 5.58. The molecule has 0 atom stereocenters. The predicted octanol–water partition coefficient (Wildman–Crippen LogP) is 0.326. The molecule has 0 aromatic heterocycles. The monoisotopic (exact) mass is 143 g/mol. The summed E-state index contributed by atoms with van der Waals surface area (Å²) in [5.74, 6) is 0. The number of hydrogen-bond donors (Lipinski definition) is 0. The third kappa shape index (κ3) is 2.05. The first-order chi connectivity index (χ1) is 4.93. The molecule has 1 rings (SSSR count). The molecule has 0 amide bonds. The highest BCUT2D eigenvalue weighted by Crippen LogP contribution is 2.02. The maximum atomic E-state index is 9.69. The number of nitrogens with zero attached hydrogens (tertiary/aromatic N) is 1. The van der Waals surface area contributed by atoms with Crippen LogP contribution in [0.25, 0.3) is 0 Å². The second kappa shape index (κ2) is 3.87. The van der Waals surface area contributed by atoms with Gasteiger partial charge in [-0.15, -0.1) is 0 Å². The normalized spacial score (nSPS) is 15.8. The van der Waals surface area contributed by atoms with Gasteiger partial charge < -0.3 is 9.57 Å². The molecular formula is C6H9NO3. The van der Waals surface area contributed by atoms with Crippen molar-refractivity contribution in [3.8, 4) is 0 Å². The average molecular weight is 143 g/mol. The van der Waals surface area contributed by atoms with Gasteiger partial charge in [0.25, 0.3) is 6.47 Å². The van der Waals surface area contributed by atoms with Crippen LogP contribution in [0.4, 0.5) is 0 Å². The van der Waals surface area contributed by atoms with Gasteiger partial charge in [-0.1, -0.05) is 5.16 Å². The van der Waals surface area contributed by atoms with Crippen LogP contribution >= 0.6 is 0 Å². The summed E-state index contributed by atoms with van der Waals surface area (Å²) in [6.45, 7) is 1.51. The van der Waals surface area contributed by atoms with Gasteiger partial charge in [0, 0.05) is 12.8 Å². The number of carbonyl (C=O) groups is 1. The lowest BCUT2D eigenvalue weighted by Gasteiger charge is -1.94. The first-order valence-corrected chi connectivity index (χ1v) is 3.16. The van der Waals surface area contributed by atoms with Crippen molar-refractivity contribution in [1.29, 1.82) is 0 Å². The van der Waals surface area contributed by atoms with Gasteiger partial charge in [0.05, 0.1) is 12.3 Å². The van der Waals surface area contributed by atoms with Crippen molar-refractivity contribution >= 4 is 12.2 Å². The van der Waals surface area contributed by atoms with Crippen molar-refractivity contribution in [2.75, 3.05) is 13.2 Å². The number of oxime groups is 1. The summed E-state index contributed by atoms with van der Waals surface area (Å²) in [6.07, 6.45) is 1.56. The molecule has 0 fully saturated rings. The average Bonchev–Trinajstić information content (AvgIpc) is 2.41. The highest BCUT2D eigenvalue weighted by molar-refractivity contribution is 5.85. The van der Waals surface area contributed by atoms with E-state index < -0.39 is 0 Å². The van der Waals surface area contributed by atoms with E-state index in [0.29, 0.717) is 26.1 Å². The molecule has 0 aromatic carbocycles. The van der Waals surface area contributed by atoms with Crippen LogP contribution in [0.3, 0.4) is 0 Å². The summed E-state index contributed by atoms with van der Waals surface area (Å²) in [5, 5.41) is 3.73. The zero-order valence-corrected chi connectivity index (χ0v) is 5.58. The molecule has 0 saturated carbocycles. The molecule has 56 valence electrons. The Kier molecular flexibility index (Phi) is 2.73. The minimum Gasteiger partial charge on any atom is -0.467 e. The van der Waals surface area contributed by atoms with Gasteiger partial charge in [0.2, 0.25) is 0 Å². The maximum absolute atomic E-state index is 9.69. The van der Waals surface area contributed by atoms with E-state index in [-0.39, 0.29) is 0 Å². The third-order valence-corrected chi connectivity index (χ3v) is 1.25. The fourth-order valence-electron chi connectivity index (χ4n) is 0.742. The lowest BCUT2D eigenvalue weighted by molar-refractivity contribution is -0.128. The molecule has 1 aliphatic heterocycles. The van der Waals surface area contributed by atoms with Gasteiger partial charge in [-0.05, 0) is 0 Å². The Balaban J connectivity index is 2.06. The van der Waals surface area contributed by atoms with Gasteiger partial charge in [0.1, 0.15) is 6.61 Å². The summed E-state index contributed by atoms with van der Waals surface area (Å²) in [7, 11) is 0. The summed E-state index contributed by atoms with van der Waals surface area (Å²) < 4.78 is 4.48. The van der Waals surface area contributed by atoms with Gasteiger partial charge in [-0.3, -0.25) is 4.79 Å². The molecule has 0 N–H and O–H groups in total. The quantitative estimate of drug-likeness (QED) is 0.420. The van der Waals surface area contributed by atoms with Crippen molar-refractivity contribution in [1.82, 2.24) is 0 Å². The van der Waals surface area contributed by atoms with Crippen LogP contribution in [-0.4, -0.2) is 25.4 Å². The molecule has 0 unspecified atom stereocenters. The molecule has 1 aliphatic rings. The second-order valence-electron chi connectivity index (χ2n) is 1.96. The minimum atomic E-state index is 0.408. The van der Waals surface area contributed by atoms with Crippen LogP contribution < -0.4 is 0 Å². The Morgan fingerprint density at radius 2 is 2.70 bits per heavy atom. The third-order valence-electron chi connectivity index (χ3n) is 1.25. The first kappa shape index (κ1) is 7.05. The van der Waals surface area contributed by atoms with Crippen LogP contribution in [0.15, 0.2) is 5.16 Å². The van der Waals surface area contributed by atoms with Crippen molar-refractivity contribution in [2.45, 2.75) is 12.8 Å². The molecule has 1 heterocycles. The maximum Gasteiger partial charge on any atom is 0.293 e. The first-order valence-electron chi connectivity index (χ1n) is 3.16. The molecule has 0 aliphatic carbocycles. The minimum absolute atomic E-state index is 0.408. The number of hydrogen-bond acceptors (Lipinski definition) is 4. The highest BCUT2D eigenvalue weighted by atomic mass is 16.6. The van der Waals surface area contributed by atoms with Crippen molar-refractivity contribution in [3.05, 3.63) is 0 Å². The summed E-state index contributed by atoms with van der Waals surface area (Å²) in [5.41, 5.74) is 0.974. The lowest BCUT2D eigenvalue weighted by atomic mass is 10.2. The van der Waals surface area contributed by atoms with Gasteiger partial charge >= 0.3 is 0 Å². The predicted molar refractivity (Wildman–Crippen MR) is 34.6 cm³/mol. The van der Waals surface area contributed by atoms with Crippen LogP contribution in [0.2, 0.25) is 0 Å². The van der Waals surface area contributed by atoms with E-state index in [2.05, 4.69) is 9.89 Å². The van der Waals surface area contributed by atoms with E-state index >= 15 is 0 Å². The van der Waals surface area contributed by atoms with E-state index in [1.165, 1.54) is 0 Å². The molecule has 10 heavy (non-hydrogen) atoms. The Bertz CT molecular complexity index is 144. The van der Waals surface area contributed by atoms with Crippen LogP contribution in [0.5, 0.6) is 0 Å². The SMILES string of the molecule is O=COCCC1=NOCC1. The van der Waals surface area contributed by atoms with Crippen LogP contribution in [0, 0.1) is 0 Å². The van der Waals surface area contributed by atoms with Crippen LogP contribution in [-0.2, 0) is 14.4 Å². The summed E-state index contributed by atoms with van der Waals surface area (Å²) in [6, 6.07) is 0.